The number of aromatic nitrogens is 2. The molecule has 8 heteroatoms. The van der Waals surface area contributed by atoms with E-state index in [4.69, 9.17) is 23.2 Å². The Hall–Kier alpha value is -1.60. The maximum Gasteiger partial charge on any atom is 0.241 e. The number of fused-ring (bicyclic) bond motifs is 1. The van der Waals surface area contributed by atoms with E-state index in [0.717, 1.165) is 11.0 Å². The van der Waals surface area contributed by atoms with Crippen LogP contribution in [0.25, 0.3) is 11.0 Å². The number of sulfonamides is 1. The molecule has 0 saturated heterocycles. The second kappa shape index (κ2) is 6.96. The molecule has 25 heavy (non-hydrogen) atoms. The summed E-state index contributed by atoms with van der Waals surface area (Å²) in [5.41, 5.74) is 1.54. The van der Waals surface area contributed by atoms with Gasteiger partial charge in [-0.15, -0.1) is 0 Å². The molecule has 3 rings (SSSR count). The van der Waals surface area contributed by atoms with Crippen LogP contribution in [-0.2, 0) is 16.6 Å². The first-order chi connectivity index (χ1) is 11.8. The van der Waals surface area contributed by atoms with Crippen molar-refractivity contribution in [2.45, 2.75) is 31.3 Å². The molecule has 132 valence electrons. The average molecular weight is 398 g/mol. The third-order valence-electron chi connectivity index (χ3n) is 3.91. The molecule has 0 radical (unpaired) electrons. The second-order valence-electron chi connectivity index (χ2n) is 5.62. The summed E-state index contributed by atoms with van der Waals surface area (Å²) >= 11 is 12.1. The van der Waals surface area contributed by atoms with Gasteiger partial charge in [0.25, 0.3) is 0 Å². The van der Waals surface area contributed by atoms with Crippen molar-refractivity contribution in [2.75, 3.05) is 0 Å². The summed E-state index contributed by atoms with van der Waals surface area (Å²) in [6.45, 7) is 4.35. The fourth-order valence-electron chi connectivity index (χ4n) is 2.78. The quantitative estimate of drug-likeness (QED) is 0.693. The number of nitrogens with zero attached hydrogens (tertiary/aromatic N) is 2. The number of imidazole rings is 1. The molecule has 1 aromatic heterocycles. The zero-order valence-electron chi connectivity index (χ0n) is 13.7. The molecular formula is C17H17Cl2N3O2S. The Kier molecular flexibility index (Phi) is 5.06. The maximum atomic E-state index is 12.6. The first kappa shape index (κ1) is 18.2. The number of nitrogens with one attached hydrogen (secondary N) is 1. The topological polar surface area (TPSA) is 64.0 Å². The van der Waals surface area contributed by atoms with Gasteiger partial charge in [-0.3, -0.25) is 0 Å². The average Bonchev–Trinajstić information content (AvgIpc) is 2.95. The van der Waals surface area contributed by atoms with Crippen molar-refractivity contribution < 1.29 is 8.42 Å². The molecule has 3 aromatic rings. The molecule has 0 bridgehead atoms. The summed E-state index contributed by atoms with van der Waals surface area (Å²) in [6.07, 6.45) is 0. The largest absolute Gasteiger partial charge is 0.326 e. The van der Waals surface area contributed by atoms with Gasteiger partial charge >= 0.3 is 0 Å². The molecule has 0 aliphatic carbocycles. The van der Waals surface area contributed by atoms with Gasteiger partial charge in [-0.2, -0.15) is 0 Å². The van der Waals surface area contributed by atoms with Crippen LogP contribution in [-0.4, -0.2) is 18.0 Å². The van der Waals surface area contributed by atoms with E-state index in [1.54, 1.807) is 25.1 Å². The van der Waals surface area contributed by atoms with Gasteiger partial charge in [0.2, 0.25) is 10.0 Å². The van der Waals surface area contributed by atoms with Gasteiger partial charge in [0.05, 0.1) is 27.0 Å². The summed E-state index contributed by atoms with van der Waals surface area (Å²) in [7, 11) is -3.69. The molecule has 0 amide bonds. The number of hydrogen-bond donors (Lipinski definition) is 1. The predicted octanol–water partition coefficient (Wildman–Crippen LogP) is 4.40. The van der Waals surface area contributed by atoms with Crippen LogP contribution in [0, 0.1) is 0 Å². The normalized spacial score (nSPS) is 13.3. The molecule has 0 spiro atoms. The summed E-state index contributed by atoms with van der Waals surface area (Å²) in [5, 5.41) is 1.07. The third-order valence-corrected chi connectivity index (χ3v) is 6.02. The van der Waals surface area contributed by atoms with E-state index >= 15 is 0 Å². The molecule has 0 aliphatic heterocycles. The van der Waals surface area contributed by atoms with Crippen molar-refractivity contribution in [3.05, 3.63) is 58.3 Å². The van der Waals surface area contributed by atoms with Gasteiger partial charge in [0, 0.05) is 11.6 Å². The second-order valence-corrected chi connectivity index (χ2v) is 8.18. The van der Waals surface area contributed by atoms with Crippen LogP contribution in [0.15, 0.2) is 47.4 Å². The molecule has 0 fully saturated rings. The molecule has 0 aliphatic rings. The van der Waals surface area contributed by atoms with E-state index in [1.807, 2.05) is 23.6 Å². The first-order valence-corrected chi connectivity index (χ1v) is 10.00. The van der Waals surface area contributed by atoms with E-state index in [9.17, 15) is 8.42 Å². The Morgan fingerprint density at radius 2 is 1.84 bits per heavy atom. The van der Waals surface area contributed by atoms with E-state index in [-0.39, 0.29) is 4.90 Å². The van der Waals surface area contributed by atoms with Gasteiger partial charge in [-0.1, -0.05) is 29.3 Å². The van der Waals surface area contributed by atoms with Gasteiger partial charge in [-0.05, 0) is 50.2 Å². The lowest BCUT2D eigenvalue weighted by atomic mass is 10.3. The van der Waals surface area contributed by atoms with Gasteiger partial charge in [0.1, 0.15) is 5.82 Å². The summed E-state index contributed by atoms with van der Waals surface area (Å²) in [5.74, 6) is 0.614. The summed E-state index contributed by atoms with van der Waals surface area (Å²) in [4.78, 5) is 4.72. The lowest BCUT2D eigenvalue weighted by Crippen LogP contribution is -2.28. The minimum atomic E-state index is -3.69. The highest BCUT2D eigenvalue weighted by atomic mass is 35.5. The van der Waals surface area contributed by atoms with Crippen LogP contribution in [0.5, 0.6) is 0 Å². The van der Waals surface area contributed by atoms with E-state index in [1.165, 1.54) is 12.1 Å². The highest BCUT2D eigenvalue weighted by Gasteiger charge is 2.23. The van der Waals surface area contributed by atoms with Crippen LogP contribution in [0.2, 0.25) is 10.0 Å². The lowest BCUT2D eigenvalue weighted by Gasteiger charge is -2.16. The van der Waals surface area contributed by atoms with Gasteiger partial charge in [-0.25, -0.2) is 18.1 Å². The third kappa shape index (κ3) is 3.53. The van der Waals surface area contributed by atoms with Crippen molar-refractivity contribution in [1.82, 2.24) is 14.3 Å². The van der Waals surface area contributed by atoms with Gasteiger partial charge in [0.15, 0.2) is 0 Å². The van der Waals surface area contributed by atoms with Crippen LogP contribution in [0.1, 0.15) is 25.7 Å². The number of hydrogen-bond acceptors (Lipinski definition) is 3. The van der Waals surface area contributed by atoms with Crippen LogP contribution >= 0.6 is 23.2 Å². The van der Waals surface area contributed by atoms with E-state index < -0.39 is 16.1 Å². The van der Waals surface area contributed by atoms with E-state index in [2.05, 4.69) is 9.71 Å². The van der Waals surface area contributed by atoms with Gasteiger partial charge < -0.3 is 4.57 Å². The Labute approximate surface area is 156 Å². The van der Waals surface area contributed by atoms with Crippen LogP contribution in [0.4, 0.5) is 0 Å². The Balaban J connectivity index is 1.98. The smallest absolute Gasteiger partial charge is 0.241 e. The summed E-state index contributed by atoms with van der Waals surface area (Å²) in [6, 6.07) is 11.0. The maximum absolute atomic E-state index is 12.6. The Morgan fingerprint density at radius 1 is 1.16 bits per heavy atom. The zero-order chi connectivity index (χ0) is 18.2. The standard InChI is InChI=1S/C17H17Cl2N3O2S/c1-3-22-16-14(19)5-4-6-15(16)20-17(22)11(2)21-25(23,24)13-9-7-12(18)8-10-13/h4-11,21H,3H2,1-2H3. The number of aryl methyl sites for hydroxylation is 1. The first-order valence-electron chi connectivity index (χ1n) is 7.76. The molecule has 0 saturated carbocycles. The van der Waals surface area contributed by atoms with Crippen molar-refractivity contribution >= 4 is 44.3 Å². The predicted molar refractivity (Wildman–Crippen MR) is 101 cm³/mol. The number of halogens is 2. The van der Waals surface area contributed by atoms with Crippen molar-refractivity contribution in [3.63, 3.8) is 0 Å². The Bertz CT molecular complexity index is 1010. The molecule has 1 heterocycles. The molecule has 1 unspecified atom stereocenters. The zero-order valence-corrected chi connectivity index (χ0v) is 16.0. The lowest BCUT2D eigenvalue weighted by molar-refractivity contribution is 0.549. The fourth-order valence-corrected chi connectivity index (χ4v) is 4.38. The molecule has 2 aromatic carbocycles. The number of para-hydroxylation sites is 1. The van der Waals surface area contributed by atoms with Crippen LogP contribution < -0.4 is 4.72 Å². The number of benzene rings is 2. The summed E-state index contributed by atoms with van der Waals surface area (Å²) < 4.78 is 29.8. The molecule has 5 nitrogen and oxygen atoms in total. The molecule has 1 N–H and O–H groups in total. The highest BCUT2D eigenvalue weighted by molar-refractivity contribution is 7.89. The van der Waals surface area contributed by atoms with Crippen molar-refractivity contribution in [1.29, 1.82) is 0 Å². The highest BCUT2D eigenvalue weighted by Crippen LogP contribution is 2.27. The van der Waals surface area contributed by atoms with E-state index in [0.29, 0.717) is 22.4 Å². The van der Waals surface area contributed by atoms with Crippen molar-refractivity contribution in [3.8, 4) is 0 Å². The SMILES string of the molecule is CCn1c(C(C)NS(=O)(=O)c2ccc(Cl)cc2)nc2cccc(Cl)c21. The minimum absolute atomic E-state index is 0.154. The monoisotopic (exact) mass is 397 g/mol. The molecule has 1 atom stereocenters. The number of rotatable bonds is 5. The minimum Gasteiger partial charge on any atom is -0.326 e. The van der Waals surface area contributed by atoms with Crippen molar-refractivity contribution in [2.24, 2.45) is 0 Å². The Morgan fingerprint density at radius 3 is 2.48 bits per heavy atom. The fraction of sp³-hybridized carbons (Fsp3) is 0.235. The van der Waals surface area contributed by atoms with Crippen LogP contribution in [0.3, 0.4) is 0 Å². The molecular weight excluding hydrogens is 381 g/mol.